The molecule has 0 unspecified atom stereocenters. The van der Waals surface area contributed by atoms with E-state index >= 15 is 0 Å². The molecule has 1 heterocycles. The molecule has 0 radical (unpaired) electrons. The number of aliphatic carboxylic acids is 1. The van der Waals surface area contributed by atoms with Gasteiger partial charge in [0, 0.05) is 6.20 Å². The Hall–Kier alpha value is -1.32. The van der Waals surface area contributed by atoms with Crippen molar-refractivity contribution in [1.29, 1.82) is 0 Å². The van der Waals surface area contributed by atoms with Crippen LogP contribution in [0.2, 0.25) is 0 Å². The maximum absolute atomic E-state index is 10.9. The second-order valence-electron chi connectivity index (χ2n) is 4.09. The van der Waals surface area contributed by atoms with Crippen LogP contribution in [0.25, 0.3) is 0 Å². The normalized spacial score (nSPS) is 11.6. The number of aromatic nitrogens is 2. The lowest BCUT2D eigenvalue weighted by Crippen LogP contribution is -2.29. The van der Waals surface area contributed by atoms with Gasteiger partial charge in [-0.25, -0.2) is 0 Å². The predicted octanol–water partition coefficient (Wildman–Crippen LogP) is 1.56. The molecule has 1 N–H and O–H groups in total. The van der Waals surface area contributed by atoms with Gasteiger partial charge in [0.15, 0.2) is 0 Å². The molecule has 0 aliphatic carbocycles. The smallest absolute Gasteiger partial charge is 0.310 e. The zero-order chi connectivity index (χ0) is 10.8. The van der Waals surface area contributed by atoms with Gasteiger partial charge in [0.05, 0.1) is 18.2 Å². The van der Waals surface area contributed by atoms with E-state index in [1.165, 1.54) is 0 Å². The summed E-state index contributed by atoms with van der Waals surface area (Å²) in [5.74, 6) is -0.800. The Morgan fingerprint density at radius 2 is 2.29 bits per heavy atom. The number of carbonyl (C=O) groups is 1. The molecule has 0 aliphatic rings. The van der Waals surface area contributed by atoms with Crippen molar-refractivity contribution in [1.82, 2.24) is 9.78 Å². The van der Waals surface area contributed by atoms with Crippen LogP contribution in [0.4, 0.5) is 0 Å². The molecule has 4 heteroatoms. The molecule has 4 nitrogen and oxygen atoms in total. The molecular formula is C10H16N2O2. The molecule has 0 aliphatic heterocycles. The minimum absolute atomic E-state index is 0.405. The van der Waals surface area contributed by atoms with E-state index < -0.39 is 11.4 Å². The average molecular weight is 196 g/mol. The Morgan fingerprint density at radius 3 is 2.71 bits per heavy atom. The van der Waals surface area contributed by atoms with Crippen LogP contribution in [-0.4, -0.2) is 20.9 Å². The second-order valence-corrected chi connectivity index (χ2v) is 4.09. The van der Waals surface area contributed by atoms with Crippen LogP contribution < -0.4 is 0 Å². The third-order valence-electron chi connectivity index (χ3n) is 2.23. The quantitative estimate of drug-likeness (QED) is 0.795. The van der Waals surface area contributed by atoms with Gasteiger partial charge in [0.2, 0.25) is 0 Å². The van der Waals surface area contributed by atoms with Gasteiger partial charge in [-0.05, 0) is 25.8 Å². The van der Waals surface area contributed by atoms with Gasteiger partial charge < -0.3 is 5.11 Å². The maximum Gasteiger partial charge on any atom is 0.310 e. The van der Waals surface area contributed by atoms with Crippen LogP contribution in [0.5, 0.6) is 0 Å². The van der Waals surface area contributed by atoms with Gasteiger partial charge in [-0.3, -0.25) is 9.48 Å². The number of hydrogen-bond donors (Lipinski definition) is 1. The highest BCUT2D eigenvalue weighted by molar-refractivity contribution is 5.73. The van der Waals surface area contributed by atoms with Crippen molar-refractivity contribution >= 4 is 5.97 Å². The minimum atomic E-state index is -0.800. The first kappa shape index (κ1) is 10.8. The largest absolute Gasteiger partial charge is 0.481 e. The van der Waals surface area contributed by atoms with Crippen LogP contribution in [0, 0.1) is 5.41 Å². The summed E-state index contributed by atoms with van der Waals surface area (Å²) in [6.07, 6.45) is 4.59. The Bertz CT molecular complexity index is 329. The van der Waals surface area contributed by atoms with E-state index in [9.17, 15) is 4.79 Å². The van der Waals surface area contributed by atoms with Crippen molar-refractivity contribution in [3.8, 4) is 0 Å². The lowest BCUT2D eigenvalue weighted by Gasteiger charge is -2.18. The Labute approximate surface area is 83.5 Å². The lowest BCUT2D eigenvalue weighted by molar-refractivity contribution is -0.147. The van der Waals surface area contributed by atoms with Crippen molar-refractivity contribution in [2.45, 2.75) is 33.7 Å². The topological polar surface area (TPSA) is 55.1 Å². The van der Waals surface area contributed by atoms with Crippen molar-refractivity contribution in [2.24, 2.45) is 5.41 Å². The van der Waals surface area contributed by atoms with Crippen LogP contribution in [0.1, 0.15) is 26.3 Å². The molecule has 1 aromatic rings. The van der Waals surface area contributed by atoms with E-state index in [0.717, 1.165) is 12.0 Å². The molecular weight excluding hydrogens is 180 g/mol. The molecule has 0 aromatic carbocycles. The third-order valence-corrected chi connectivity index (χ3v) is 2.23. The number of aryl methyl sites for hydroxylation is 1. The van der Waals surface area contributed by atoms with Gasteiger partial charge in [-0.1, -0.05) is 6.92 Å². The van der Waals surface area contributed by atoms with Gasteiger partial charge >= 0.3 is 5.97 Å². The summed E-state index contributed by atoms with van der Waals surface area (Å²) in [4.78, 5) is 10.9. The number of nitrogens with zero attached hydrogens (tertiary/aromatic N) is 2. The molecule has 14 heavy (non-hydrogen) atoms. The van der Waals surface area contributed by atoms with E-state index in [2.05, 4.69) is 5.10 Å². The lowest BCUT2D eigenvalue weighted by atomic mass is 9.94. The minimum Gasteiger partial charge on any atom is -0.481 e. The number of carboxylic acids is 1. The number of hydrogen-bond acceptors (Lipinski definition) is 2. The van der Waals surface area contributed by atoms with Gasteiger partial charge in [0.25, 0.3) is 0 Å². The number of carboxylic acid groups (broad SMARTS) is 1. The molecule has 0 saturated carbocycles. The summed E-state index contributed by atoms with van der Waals surface area (Å²) < 4.78 is 1.69. The molecule has 0 spiro atoms. The van der Waals surface area contributed by atoms with Crippen molar-refractivity contribution in [3.63, 3.8) is 0 Å². The van der Waals surface area contributed by atoms with Crippen LogP contribution in [0.15, 0.2) is 12.4 Å². The highest BCUT2D eigenvalue weighted by atomic mass is 16.4. The summed E-state index contributed by atoms with van der Waals surface area (Å²) in [6, 6.07) is 0. The van der Waals surface area contributed by atoms with Crippen LogP contribution in [0.3, 0.4) is 0 Å². The Morgan fingerprint density at radius 1 is 1.64 bits per heavy atom. The summed E-state index contributed by atoms with van der Waals surface area (Å²) in [5.41, 5.74) is 0.364. The standard InChI is InChI=1S/C10H16N2O2/c1-4-8-5-11-12(6-8)7-10(2,3)9(13)14/h5-6H,4,7H2,1-3H3,(H,13,14). The van der Waals surface area contributed by atoms with Gasteiger partial charge in [0.1, 0.15) is 0 Å². The monoisotopic (exact) mass is 196 g/mol. The van der Waals surface area contributed by atoms with Crippen LogP contribution in [-0.2, 0) is 17.8 Å². The molecule has 0 bridgehead atoms. The first-order valence-electron chi connectivity index (χ1n) is 4.70. The fourth-order valence-corrected chi connectivity index (χ4v) is 1.15. The van der Waals surface area contributed by atoms with E-state index in [1.54, 1.807) is 24.7 Å². The predicted molar refractivity (Wildman–Crippen MR) is 53.0 cm³/mol. The Kier molecular flexibility index (Phi) is 2.93. The van der Waals surface area contributed by atoms with Crippen molar-refractivity contribution in [2.75, 3.05) is 0 Å². The van der Waals surface area contributed by atoms with E-state index in [4.69, 9.17) is 5.11 Å². The molecule has 0 atom stereocenters. The second kappa shape index (κ2) is 3.82. The SMILES string of the molecule is CCc1cnn(CC(C)(C)C(=O)O)c1. The molecule has 0 amide bonds. The third kappa shape index (κ3) is 2.34. The average Bonchev–Trinajstić information content (AvgIpc) is 2.51. The van der Waals surface area contributed by atoms with Crippen LogP contribution >= 0.6 is 0 Å². The molecule has 1 aromatic heterocycles. The molecule has 78 valence electrons. The first-order valence-corrected chi connectivity index (χ1v) is 4.70. The fourth-order valence-electron chi connectivity index (χ4n) is 1.15. The highest BCUT2D eigenvalue weighted by Gasteiger charge is 2.27. The summed E-state index contributed by atoms with van der Waals surface area (Å²) in [6.45, 7) is 5.84. The van der Waals surface area contributed by atoms with E-state index in [0.29, 0.717) is 6.54 Å². The molecule has 0 saturated heterocycles. The summed E-state index contributed by atoms with van der Waals surface area (Å²) >= 11 is 0. The summed E-state index contributed by atoms with van der Waals surface area (Å²) in [7, 11) is 0. The maximum atomic E-state index is 10.9. The molecule has 0 fully saturated rings. The highest BCUT2D eigenvalue weighted by Crippen LogP contribution is 2.17. The van der Waals surface area contributed by atoms with Gasteiger partial charge in [-0.2, -0.15) is 5.10 Å². The van der Waals surface area contributed by atoms with E-state index in [1.807, 2.05) is 13.1 Å². The van der Waals surface area contributed by atoms with Crippen molar-refractivity contribution in [3.05, 3.63) is 18.0 Å². The summed E-state index contributed by atoms with van der Waals surface area (Å²) in [5, 5.41) is 13.0. The van der Waals surface area contributed by atoms with Gasteiger partial charge in [-0.15, -0.1) is 0 Å². The van der Waals surface area contributed by atoms with Crippen molar-refractivity contribution < 1.29 is 9.90 Å². The zero-order valence-corrected chi connectivity index (χ0v) is 8.82. The fraction of sp³-hybridized carbons (Fsp3) is 0.600. The zero-order valence-electron chi connectivity index (χ0n) is 8.82. The first-order chi connectivity index (χ1) is 6.45. The molecule has 1 rings (SSSR count). The number of rotatable bonds is 4. The van der Waals surface area contributed by atoms with E-state index in [-0.39, 0.29) is 0 Å². The Balaban J connectivity index is 2.73.